The lowest BCUT2D eigenvalue weighted by atomic mass is 10.1. The molecule has 0 amide bonds. The van der Waals surface area contributed by atoms with Crippen molar-refractivity contribution < 1.29 is 0 Å². The minimum absolute atomic E-state index is 0.127. The van der Waals surface area contributed by atoms with Crippen molar-refractivity contribution >= 4 is 17.6 Å². The fraction of sp³-hybridized carbons (Fsp3) is 0.222. The van der Waals surface area contributed by atoms with Crippen molar-refractivity contribution in [1.82, 2.24) is 0 Å². The molecule has 1 rings (SSSR count). The van der Waals surface area contributed by atoms with Crippen LogP contribution >= 0.6 is 11.6 Å². The molecule has 0 saturated carbocycles. The summed E-state index contributed by atoms with van der Waals surface area (Å²) in [4.78, 5) is 3.88. The van der Waals surface area contributed by atoms with Crippen LogP contribution < -0.4 is 11.5 Å². The Bertz CT molecular complexity index is 305. The van der Waals surface area contributed by atoms with Crippen LogP contribution in [0, 0.1) is 0 Å². The maximum Gasteiger partial charge on any atom is 0.185 e. The first-order valence-electron chi connectivity index (χ1n) is 3.98. The molecule has 0 spiro atoms. The molecule has 0 aromatic heterocycles. The Hall–Kier alpha value is -1.22. The zero-order chi connectivity index (χ0) is 9.68. The topological polar surface area (TPSA) is 64.4 Å². The minimum atomic E-state index is 0.127. The second-order valence-electron chi connectivity index (χ2n) is 2.69. The smallest absolute Gasteiger partial charge is 0.185 e. The highest BCUT2D eigenvalue weighted by molar-refractivity contribution is 6.30. The summed E-state index contributed by atoms with van der Waals surface area (Å²) < 4.78 is 0. The van der Waals surface area contributed by atoms with Crippen molar-refractivity contribution in [3.05, 3.63) is 34.9 Å². The van der Waals surface area contributed by atoms with E-state index in [0.717, 1.165) is 17.0 Å². The molecular formula is C9H12ClN3. The van der Waals surface area contributed by atoms with Crippen molar-refractivity contribution in [2.45, 2.75) is 6.42 Å². The quantitative estimate of drug-likeness (QED) is 0.564. The number of hydrogen-bond acceptors (Lipinski definition) is 1. The molecule has 0 bridgehead atoms. The van der Waals surface area contributed by atoms with Crippen LogP contribution in [0.5, 0.6) is 0 Å². The number of halogens is 1. The summed E-state index contributed by atoms with van der Waals surface area (Å²) in [6.07, 6.45) is 0.804. The fourth-order valence-corrected chi connectivity index (χ4v) is 1.22. The highest BCUT2D eigenvalue weighted by atomic mass is 35.5. The van der Waals surface area contributed by atoms with Crippen molar-refractivity contribution in [2.24, 2.45) is 16.5 Å². The average Bonchev–Trinajstić information content (AvgIpc) is 2.03. The van der Waals surface area contributed by atoms with Gasteiger partial charge >= 0.3 is 0 Å². The molecule has 0 aliphatic heterocycles. The monoisotopic (exact) mass is 197 g/mol. The Morgan fingerprint density at radius 3 is 2.77 bits per heavy atom. The van der Waals surface area contributed by atoms with Gasteiger partial charge in [-0.3, -0.25) is 4.99 Å². The molecule has 0 saturated heterocycles. The van der Waals surface area contributed by atoms with E-state index in [4.69, 9.17) is 23.1 Å². The summed E-state index contributed by atoms with van der Waals surface area (Å²) in [6.45, 7) is 0.600. The third-order valence-corrected chi connectivity index (χ3v) is 1.82. The molecule has 0 aliphatic rings. The predicted molar refractivity (Wildman–Crippen MR) is 55.8 cm³/mol. The number of hydrogen-bond donors (Lipinski definition) is 2. The van der Waals surface area contributed by atoms with Gasteiger partial charge in [0.15, 0.2) is 5.96 Å². The summed E-state index contributed by atoms with van der Waals surface area (Å²) in [7, 11) is 0. The van der Waals surface area contributed by atoms with E-state index in [0.29, 0.717) is 6.54 Å². The molecule has 13 heavy (non-hydrogen) atoms. The minimum Gasteiger partial charge on any atom is -0.370 e. The van der Waals surface area contributed by atoms with Crippen LogP contribution in [0.25, 0.3) is 0 Å². The maximum atomic E-state index is 5.80. The van der Waals surface area contributed by atoms with Crippen LogP contribution in [0.2, 0.25) is 5.02 Å². The first kappa shape index (κ1) is 9.86. The number of nitrogens with two attached hydrogens (primary N) is 2. The number of guanidine groups is 1. The molecule has 0 fully saturated rings. The van der Waals surface area contributed by atoms with E-state index in [1.54, 1.807) is 0 Å². The summed E-state index contributed by atoms with van der Waals surface area (Å²) in [5.41, 5.74) is 11.5. The molecule has 70 valence electrons. The van der Waals surface area contributed by atoms with Gasteiger partial charge in [0.05, 0.1) is 0 Å². The highest BCUT2D eigenvalue weighted by Gasteiger charge is 1.92. The summed E-state index contributed by atoms with van der Waals surface area (Å²) >= 11 is 5.80. The van der Waals surface area contributed by atoms with Crippen LogP contribution in [-0.4, -0.2) is 12.5 Å². The third kappa shape index (κ3) is 3.80. The summed E-state index contributed by atoms with van der Waals surface area (Å²) in [5.74, 6) is 0.127. The predicted octanol–water partition coefficient (Wildman–Crippen LogP) is 1.16. The SMILES string of the molecule is NC(N)=NCCc1cccc(Cl)c1. The van der Waals surface area contributed by atoms with Crippen molar-refractivity contribution in [2.75, 3.05) is 6.54 Å². The molecule has 0 aliphatic carbocycles. The molecule has 3 nitrogen and oxygen atoms in total. The number of benzene rings is 1. The highest BCUT2D eigenvalue weighted by Crippen LogP contribution is 2.10. The van der Waals surface area contributed by atoms with E-state index in [9.17, 15) is 0 Å². The van der Waals surface area contributed by atoms with E-state index in [1.807, 2.05) is 24.3 Å². The number of nitrogens with zero attached hydrogens (tertiary/aromatic N) is 1. The maximum absolute atomic E-state index is 5.80. The molecule has 0 heterocycles. The van der Waals surface area contributed by atoms with Crippen LogP contribution in [-0.2, 0) is 6.42 Å². The molecule has 0 unspecified atom stereocenters. The zero-order valence-electron chi connectivity index (χ0n) is 7.20. The van der Waals surface area contributed by atoms with Gasteiger partial charge in [-0.15, -0.1) is 0 Å². The van der Waals surface area contributed by atoms with Crippen molar-refractivity contribution in [3.63, 3.8) is 0 Å². The van der Waals surface area contributed by atoms with Crippen LogP contribution in [0.1, 0.15) is 5.56 Å². The third-order valence-electron chi connectivity index (χ3n) is 1.58. The first-order valence-corrected chi connectivity index (χ1v) is 4.36. The van der Waals surface area contributed by atoms with Gasteiger partial charge in [-0.25, -0.2) is 0 Å². The summed E-state index contributed by atoms with van der Waals surface area (Å²) in [6, 6.07) is 7.65. The van der Waals surface area contributed by atoms with Crippen molar-refractivity contribution in [3.8, 4) is 0 Å². The summed E-state index contributed by atoms with van der Waals surface area (Å²) in [5, 5.41) is 0.738. The van der Waals surface area contributed by atoms with E-state index in [2.05, 4.69) is 4.99 Å². The van der Waals surface area contributed by atoms with Gasteiger partial charge in [0.25, 0.3) is 0 Å². The Morgan fingerprint density at radius 1 is 1.38 bits per heavy atom. The lowest BCUT2D eigenvalue weighted by Gasteiger charge is -1.98. The Morgan fingerprint density at radius 2 is 2.15 bits per heavy atom. The number of aliphatic imine (C=N–C) groups is 1. The largest absolute Gasteiger partial charge is 0.370 e. The molecule has 1 aromatic rings. The number of rotatable bonds is 3. The standard InChI is InChI=1S/C9H12ClN3/c10-8-3-1-2-7(6-8)4-5-13-9(11)12/h1-3,6H,4-5H2,(H4,11,12,13). The zero-order valence-corrected chi connectivity index (χ0v) is 7.96. The lowest BCUT2D eigenvalue weighted by Crippen LogP contribution is -2.23. The van der Waals surface area contributed by atoms with Gasteiger partial charge in [-0.1, -0.05) is 23.7 Å². The molecule has 4 heteroatoms. The Labute approximate surface area is 82.4 Å². The van der Waals surface area contributed by atoms with Crippen LogP contribution in [0.15, 0.2) is 29.3 Å². The molecule has 0 radical (unpaired) electrons. The molecule has 0 atom stereocenters. The molecule has 4 N–H and O–H groups in total. The van der Waals surface area contributed by atoms with Gasteiger partial charge in [0, 0.05) is 11.6 Å². The Balaban J connectivity index is 2.50. The lowest BCUT2D eigenvalue weighted by molar-refractivity contribution is 0.962. The van der Waals surface area contributed by atoms with Crippen molar-refractivity contribution in [1.29, 1.82) is 0 Å². The second kappa shape index (κ2) is 4.72. The van der Waals surface area contributed by atoms with Crippen LogP contribution in [0.4, 0.5) is 0 Å². The van der Waals surface area contributed by atoms with Gasteiger partial charge in [0.2, 0.25) is 0 Å². The van der Waals surface area contributed by atoms with E-state index in [-0.39, 0.29) is 5.96 Å². The fourth-order valence-electron chi connectivity index (χ4n) is 1.01. The normalized spacial score (nSPS) is 9.62. The van der Waals surface area contributed by atoms with E-state index < -0.39 is 0 Å². The van der Waals surface area contributed by atoms with Gasteiger partial charge in [0.1, 0.15) is 0 Å². The average molecular weight is 198 g/mol. The van der Waals surface area contributed by atoms with Crippen LogP contribution in [0.3, 0.4) is 0 Å². The first-order chi connectivity index (χ1) is 6.18. The molecular weight excluding hydrogens is 186 g/mol. The van der Waals surface area contributed by atoms with E-state index >= 15 is 0 Å². The van der Waals surface area contributed by atoms with Gasteiger partial charge < -0.3 is 11.5 Å². The Kier molecular flexibility index (Phi) is 3.58. The van der Waals surface area contributed by atoms with Gasteiger partial charge in [-0.2, -0.15) is 0 Å². The van der Waals surface area contributed by atoms with Gasteiger partial charge in [-0.05, 0) is 24.1 Å². The molecule has 1 aromatic carbocycles. The second-order valence-corrected chi connectivity index (χ2v) is 3.12. The van der Waals surface area contributed by atoms with E-state index in [1.165, 1.54) is 0 Å².